The van der Waals surface area contributed by atoms with E-state index >= 15 is 0 Å². The molecule has 1 fully saturated rings. The van der Waals surface area contributed by atoms with Crippen molar-refractivity contribution in [2.24, 2.45) is 0 Å². The van der Waals surface area contributed by atoms with Crippen LogP contribution >= 0.6 is 11.8 Å². The Bertz CT molecular complexity index is 1130. The van der Waals surface area contributed by atoms with Crippen molar-refractivity contribution in [2.45, 2.75) is 74.8 Å². The van der Waals surface area contributed by atoms with Crippen LogP contribution in [-0.2, 0) is 28.4 Å². The van der Waals surface area contributed by atoms with Crippen LogP contribution in [0.1, 0.15) is 66.6 Å². The summed E-state index contributed by atoms with van der Waals surface area (Å²) in [6, 6.07) is 13.8. The largest absolute Gasteiger partial charge is 0.322 e. The fraction of sp³-hybridized carbons (Fsp3) is 0.393. The van der Waals surface area contributed by atoms with Gasteiger partial charge in [0.05, 0.1) is 0 Å². The Morgan fingerprint density at radius 3 is 2.60 bits per heavy atom. The summed E-state index contributed by atoms with van der Waals surface area (Å²) in [5.74, 6) is 0.00349. The number of nitrogens with zero attached hydrogens (tertiary/aromatic N) is 1. The highest BCUT2D eigenvalue weighted by Gasteiger charge is 2.39. The van der Waals surface area contributed by atoms with Gasteiger partial charge in [0, 0.05) is 41.3 Å². The van der Waals surface area contributed by atoms with Gasteiger partial charge in [-0.1, -0.05) is 43.3 Å². The highest BCUT2D eigenvalue weighted by Crippen LogP contribution is 2.35. The maximum Gasteiger partial charge on any atom is 0.255 e. The number of nitrogens with one attached hydrogen (secondary N) is 2. The molecule has 4 rings (SSSR count). The van der Waals surface area contributed by atoms with Gasteiger partial charge < -0.3 is 10.2 Å². The number of piperidine rings is 1. The number of carbonyl (C=O) groups excluding carboxylic acids is 3. The molecular formula is C28H33N3O3S. The van der Waals surface area contributed by atoms with Crippen LogP contribution in [0, 0.1) is 0 Å². The summed E-state index contributed by atoms with van der Waals surface area (Å²) < 4.78 is 0. The van der Waals surface area contributed by atoms with Crippen LogP contribution < -0.4 is 10.6 Å². The molecule has 2 aromatic carbocycles. The standard InChI is InChI=1S/C28H33N3O3S/c1-4-15-28(3,5-2)29-16-19-9-11-20(12-10-19)18-35-24-8-6-7-21-22(24)17-31(27(21)34)23-13-14-25(32)30-26(23)33/h4,6-12,23,29H,1,5,13-18H2,2-3H3,(H,30,32,33). The van der Waals surface area contributed by atoms with E-state index < -0.39 is 6.04 Å². The first-order chi connectivity index (χ1) is 16.8. The van der Waals surface area contributed by atoms with Crippen molar-refractivity contribution in [3.8, 4) is 0 Å². The molecule has 3 amide bonds. The molecule has 2 aliphatic rings. The Kier molecular flexibility index (Phi) is 7.77. The molecule has 2 N–H and O–H groups in total. The van der Waals surface area contributed by atoms with Gasteiger partial charge in [-0.2, -0.15) is 0 Å². The summed E-state index contributed by atoms with van der Waals surface area (Å²) >= 11 is 1.70. The smallest absolute Gasteiger partial charge is 0.255 e. The van der Waals surface area contributed by atoms with Gasteiger partial charge in [-0.25, -0.2) is 0 Å². The molecule has 0 aromatic heterocycles. The number of rotatable bonds is 10. The van der Waals surface area contributed by atoms with Gasteiger partial charge in [0.15, 0.2) is 0 Å². The van der Waals surface area contributed by atoms with E-state index in [1.807, 2.05) is 24.3 Å². The number of benzene rings is 2. The molecule has 2 heterocycles. The van der Waals surface area contributed by atoms with Gasteiger partial charge in [-0.05, 0) is 55.0 Å². The van der Waals surface area contributed by atoms with E-state index in [0.717, 1.165) is 35.6 Å². The van der Waals surface area contributed by atoms with E-state index in [4.69, 9.17) is 0 Å². The monoisotopic (exact) mass is 491 g/mol. The highest BCUT2D eigenvalue weighted by molar-refractivity contribution is 7.98. The number of thioether (sulfide) groups is 1. The summed E-state index contributed by atoms with van der Waals surface area (Å²) in [4.78, 5) is 39.5. The normalized spacial score (nSPS) is 19.3. The number of fused-ring (bicyclic) bond motifs is 1. The lowest BCUT2D eigenvalue weighted by molar-refractivity contribution is -0.136. The lowest BCUT2D eigenvalue weighted by atomic mass is 9.94. The molecule has 0 aliphatic carbocycles. The highest BCUT2D eigenvalue weighted by atomic mass is 32.2. The zero-order valence-corrected chi connectivity index (χ0v) is 21.2. The first-order valence-corrected chi connectivity index (χ1v) is 13.1. The van der Waals surface area contributed by atoms with E-state index in [-0.39, 0.29) is 29.7 Å². The van der Waals surface area contributed by atoms with Crippen molar-refractivity contribution in [2.75, 3.05) is 0 Å². The Morgan fingerprint density at radius 2 is 1.91 bits per heavy atom. The number of hydrogen-bond donors (Lipinski definition) is 2. The molecule has 0 bridgehead atoms. The average molecular weight is 492 g/mol. The summed E-state index contributed by atoms with van der Waals surface area (Å²) in [7, 11) is 0. The Labute approximate surface area is 211 Å². The van der Waals surface area contributed by atoms with Crippen molar-refractivity contribution >= 4 is 29.5 Å². The molecule has 0 spiro atoms. The van der Waals surface area contributed by atoms with Crippen molar-refractivity contribution in [1.29, 1.82) is 0 Å². The SMILES string of the molecule is C=CCC(C)(CC)NCc1ccc(CSc2cccc3c2CN(C2CCC(=O)NC2=O)C3=O)cc1. The molecule has 0 radical (unpaired) electrons. The maximum atomic E-state index is 13.0. The molecule has 0 saturated carbocycles. The Morgan fingerprint density at radius 1 is 1.17 bits per heavy atom. The van der Waals surface area contributed by atoms with Crippen LogP contribution in [0.2, 0.25) is 0 Å². The number of carbonyl (C=O) groups is 3. The zero-order valence-electron chi connectivity index (χ0n) is 20.4. The van der Waals surface area contributed by atoms with E-state index in [2.05, 4.69) is 55.3 Å². The number of amides is 3. The molecular weight excluding hydrogens is 458 g/mol. The zero-order chi connectivity index (χ0) is 25.0. The molecule has 6 nitrogen and oxygen atoms in total. The lowest BCUT2D eigenvalue weighted by Gasteiger charge is -2.29. The molecule has 35 heavy (non-hydrogen) atoms. The second kappa shape index (κ2) is 10.8. The minimum Gasteiger partial charge on any atom is -0.322 e. The van der Waals surface area contributed by atoms with Gasteiger partial charge >= 0.3 is 0 Å². The minimum absolute atomic E-state index is 0.0586. The second-order valence-electron chi connectivity index (χ2n) is 9.55. The van der Waals surface area contributed by atoms with E-state index in [1.165, 1.54) is 11.1 Å². The van der Waals surface area contributed by atoms with Gasteiger partial charge in [-0.15, -0.1) is 18.3 Å². The number of imide groups is 1. The molecule has 2 aliphatic heterocycles. The lowest BCUT2D eigenvalue weighted by Crippen LogP contribution is -2.52. The third-order valence-corrected chi connectivity index (χ3v) is 8.22. The predicted molar refractivity (Wildman–Crippen MR) is 139 cm³/mol. The van der Waals surface area contributed by atoms with E-state index in [1.54, 1.807) is 16.7 Å². The van der Waals surface area contributed by atoms with Crippen LogP contribution in [-0.4, -0.2) is 34.2 Å². The first kappa shape index (κ1) is 25.2. The van der Waals surface area contributed by atoms with Crippen LogP contribution in [0.15, 0.2) is 60.0 Å². The van der Waals surface area contributed by atoms with Crippen LogP contribution in [0.5, 0.6) is 0 Å². The van der Waals surface area contributed by atoms with Crippen LogP contribution in [0.4, 0.5) is 0 Å². The van der Waals surface area contributed by atoms with Gasteiger partial charge in [0.2, 0.25) is 11.8 Å². The minimum atomic E-state index is -0.590. The molecule has 2 aromatic rings. The predicted octanol–water partition coefficient (Wildman–Crippen LogP) is 4.57. The third-order valence-electron chi connectivity index (χ3n) is 7.05. The molecule has 2 unspecified atom stereocenters. The fourth-order valence-corrected chi connectivity index (χ4v) is 5.62. The molecule has 184 valence electrons. The summed E-state index contributed by atoms with van der Waals surface area (Å²) in [5, 5.41) is 6.01. The quantitative estimate of drug-likeness (QED) is 0.289. The van der Waals surface area contributed by atoms with Crippen LogP contribution in [0.25, 0.3) is 0 Å². The number of hydrogen-bond acceptors (Lipinski definition) is 5. The van der Waals surface area contributed by atoms with Crippen molar-refractivity contribution in [3.63, 3.8) is 0 Å². The van der Waals surface area contributed by atoms with Gasteiger partial charge in [-0.3, -0.25) is 19.7 Å². The average Bonchev–Trinajstić information content (AvgIpc) is 3.19. The summed E-state index contributed by atoms with van der Waals surface area (Å²) in [6.07, 6.45) is 4.57. The summed E-state index contributed by atoms with van der Waals surface area (Å²) in [6.45, 7) is 9.50. The fourth-order valence-electron chi connectivity index (χ4n) is 4.58. The van der Waals surface area contributed by atoms with Gasteiger partial charge in [0.1, 0.15) is 6.04 Å². The van der Waals surface area contributed by atoms with Gasteiger partial charge in [0.25, 0.3) is 5.91 Å². The molecule has 7 heteroatoms. The maximum absolute atomic E-state index is 13.0. The van der Waals surface area contributed by atoms with Crippen LogP contribution in [0.3, 0.4) is 0 Å². The van der Waals surface area contributed by atoms with E-state index in [0.29, 0.717) is 18.5 Å². The molecule has 1 saturated heterocycles. The van der Waals surface area contributed by atoms with Crippen molar-refractivity contribution in [3.05, 3.63) is 77.4 Å². The Balaban J connectivity index is 1.38. The van der Waals surface area contributed by atoms with Crippen molar-refractivity contribution in [1.82, 2.24) is 15.5 Å². The van der Waals surface area contributed by atoms with Crippen molar-refractivity contribution < 1.29 is 14.4 Å². The second-order valence-corrected chi connectivity index (χ2v) is 10.6. The Hall–Kier alpha value is -2.90. The topological polar surface area (TPSA) is 78.5 Å². The summed E-state index contributed by atoms with van der Waals surface area (Å²) in [5.41, 5.74) is 4.14. The third kappa shape index (κ3) is 5.68. The first-order valence-electron chi connectivity index (χ1n) is 12.2. The molecule has 2 atom stereocenters. The van der Waals surface area contributed by atoms with E-state index in [9.17, 15) is 14.4 Å².